The van der Waals surface area contributed by atoms with Crippen LogP contribution in [0, 0.1) is 0 Å². The van der Waals surface area contributed by atoms with Gasteiger partial charge in [-0.15, -0.1) is 0 Å². The lowest BCUT2D eigenvalue weighted by Crippen LogP contribution is -2.20. The molecular weight excluding hydrogens is 260 g/mol. The zero-order valence-corrected chi connectivity index (χ0v) is 10.8. The number of carbonyl (C=O) groups excluding carboxylic acids is 1. The van der Waals surface area contributed by atoms with E-state index in [4.69, 9.17) is 11.6 Å². The quantitative estimate of drug-likeness (QED) is 0.446. The van der Waals surface area contributed by atoms with E-state index in [-0.39, 0.29) is 17.5 Å². The number of nitrogens with one attached hydrogen (secondary N) is 2. The maximum Gasteiger partial charge on any atom is 0.222 e. The molecule has 0 atom stereocenters. The minimum atomic E-state index is -0.215. The minimum absolute atomic E-state index is 0.167. The van der Waals surface area contributed by atoms with Crippen molar-refractivity contribution in [2.24, 2.45) is 5.84 Å². The molecule has 0 radical (unpaired) electrons. The summed E-state index contributed by atoms with van der Waals surface area (Å²) in [5.41, 5.74) is 9.03. The Hall–Kier alpha value is -2.94. The standard InChI is InChI=1S/C11H14N8O/c1-6(16-7(2)20)19-4-9(15-5-19)8-3-14-11(18-13)10(12)17-8/h3-5H,1,13H2,2H3,(H2,12,17)(H,14,18)(H,16,20). The SMILES string of the molecule is C=C(NC(C)=O)n1cnc(-c2cnc(NN)c(N)n2)c1. The number of amides is 1. The zero-order chi connectivity index (χ0) is 14.7. The van der Waals surface area contributed by atoms with E-state index < -0.39 is 0 Å². The molecule has 0 fully saturated rings. The van der Waals surface area contributed by atoms with E-state index in [9.17, 15) is 4.79 Å². The molecule has 6 N–H and O–H groups in total. The maximum absolute atomic E-state index is 11.0. The fraction of sp³-hybridized carbons (Fsp3) is 0.0909. The zero-order valence-electron chi connectivity index (χ0n) is 10.8. The van der Waals surface area contributed by atoms with Gasteiger partial charge in [-0.2, -0.15) is 0 Å². The summed E-state index contributed by atoms with van der Waals surface area (Å²) in [5, 5.41) is 2.56. The molecule has 2 aromatic rings. The van der Waals surface area contributed by atoms with Crippen molar-refractivity contribution in [3.8, 4) is 11.4 Å². The van der Waals surface area contributed by atoms with Crippen molar-refractivity contribution in [3.63, 3.8) is 0 Å². The largest absolute Gasteiger partial charge is 0.381 e. The number of imidazole rings is 1. The third kappa shape index (κ3) is 2.72. The van der Waals surface area contributed by atoms with Gasteiger partial charge in [0.1, 0.15) is 23.5 Å². The number of hydrogen-bond acceptors (Lipinski definition) is 7. The predicted molar refractivity (Wildman–Crippen MR) is 74.6 cm³/mol. The summed E-state index contributed by atoms with van der Waals surface area (Å²) in [6.45, 7) is 5.12. The molecule has 0 unspecified atom stereocenters. The Kier molecular flexibility index (Phi) is 3.62. The molecule has 9 nitrogen and oxygen atoms in total. The van der Waals surface area contributed by atoms with Crippen molar-refractivity contribution in [2.75, 3.05) is 11.2 Å². The van der Waals surface area contributed by atoms with Gasteiger partial charge in [-0.3, -0.25) is 9.36 Å². The van der Waals surface area contributed by atoms with E-state index in [0.29, 0.717) is 17.2 Å². The molecule has 0 aliphatic carbocycles. The normalized spacial score (nSPS) is 10.1. The molecule has 9 heteroatoms. The second-order valence-corrected chi connectivity index (χ2v) is 3.93. The summed E-state index contributed by atoms with van der Waals surface area (Å²) in [6.07, 6.45) is 4.64. The van der Waals surface area contributed by atoms with Crippen LogP contribution in [0.3, 0.4) is 0 Å². The van der Waals surface area contributed by atoms with Crippen LogP contribution in [0.5, 0.6) is 0 Å². The van der Waals surface area contributed by atoms with Crippen molar-refractivity contribution in [2.45, 2.75) is 6.92 Å². The second-order valence-electron chi connectivity index (χ2n) is 3.93. The number of hydrogen-bond donors (Lipinski definition) is 4. The van der Waals surface area contributed by atoms with Crippen LogP contribution in [0.25, 0.3) is 17.2 Å². The Bertz CT molecular complexity index is 662. The van der Waals surface area contributed by atoms with Gasteiger partial charge in [0.15, 0.2) is 11.6 Å². The number of nitrogens with two attached hydrogens (primary N) is 2. The minimum Gasteiger partial charge on any atom is -0.381 e. The van der Waals surface area contributed by atoms with E-state index in [1.54, 1.807) is 10.8 Å². The number of anilines is 2. The highest BCUT2D eigenvalue weighted by atomic mass is 16.1. The second kappa shape index (κ2) is 5.36. The van der Waals surface area contributed by atoms with E-state index in [0.717, 1.165) is 0 Å². The average molecular weight is 274 g/mol. The van der Waals surface area contributed by atoms with Crippen LogP contribution < -0.4 is 22.3 Å². The first-order chi connectivity index (χ1) is 9.51. The Morgan fingerprint density at radius 2 is 2.15 bits per heavy atom. The highest BCUT2D eigenvalue weighted by molar-refractivity contribution is 5.80. The lowest BCUT2D eigenvalue weighted by molar-refractivity contribution is -0.117. The van der Waals surface area contributed by atoms with Crippen molar-refractivity contribution in [1.29, 1.82) is 0 Å². The van der Waals surface area contributed by atoms with Crippen LogP contribution in [-0.4, -0.2) is 25.4 Å². The van der Waals surface area contributed by atoms with Crippen LogP contribution in [0.15, 0.2) is 25.3 Å². The van der Waals surface area contributed by atoms with E-state index in [2.05, 4.69) is 32.3 Å². The molecule has 1 amide bonds. The molecule has 0 aliphatic heterocycles. The Labute approximate surface area is 114 Å². The Balaban J connectivity index is 2.26. The van der Waals surface area contributed by atoms with Crippen molar-refractivity contribution < 1.29 is 4.79 Å². The summed E-state index contributed by atoms with van der Waals surface area (Å²) >= 11 is 0. The third-order valence-corrected chi connectivity index (χ3v) is 2.41. The average Bonchev–Trinajstić information content (AvgIpc) is 2.87. The highest BCUT2D eigenvalue weighted by Crippen LogP contribution is 2.19. The number of rotatable bonds is 4. The van der Waals surface area contributed by atoms with Gasteiger partial charge in [-0.05, 0) is 0 Å². The summed E-state index contributed by atoms with van der Waals surface area (Å²) in [4.78, 5) is 23.2. The molecule has 0 saturated heterocycles. The van der Waals surface area contributed by atoms with Crippen molar-refractivity contribution >= 4 is 23.4 Å². The molecule has 0 saturated carbocycles. The van der Waals surface area contributed by atoms with Crippen LogP contribution in [0.2, 0.25) is 0 Å². The summed E-state index contributed by atoms with van der Waals surface area (Å²) in [5.74, 6) is 5.85. The summed E-state index contributed by atoms with van der Waals surface area (Å²) in [6, 6.07) is 0. The van der Waals surface area contributed by atoms with Gasteiger partial charge in [0, 0.05) is 13.1 Å². The van der Waals surface area contributed by atoms with Gasteiger partial charge in [0.25, 0.3) is 0 Å². The van der Waals surface area contributed by atoms with E-state index in [1.807, 2.05) is 0 Å². The van der Waals surface area contributed by atoms with Crippen LogP contribution in [-0.2, 0) is 4.79 Å². The first kappa shape index (κ1) is 13.5. The van der Waals surface area contributed by atoms with E-state index in [1.165, 1.54) is 19.4 Å². The number of carbonyl (C=O) groups is 1. The molecule has 0 aromatic carbocycles. The van der Waals surface area contributed by atoms with Crippen LogP contribution >= 0.6 is 0 Å². The monoisotopic (exact) mass is 274 g/mol. The van der Waals surface area contributed by atoms with E-state index >= 15 is 0 Å². The predicted octanol–water partition coefficient (Wildman–Crippen LogP) is -0.228. The summed E-state index contributed by atoms with van der Waals surface area (Å²) in [7, 11) is 0. The molecule has 104 valence electrons. The topological polar surface area (TPSA) is 137 Å². The molecule has 20 heavy (non-hydrogen) atoms. The first-order valence-electron chi connectivity index (χ1n) is 5.61. The third-order valence-electron chi connectivity index (χ3n) is 2.41. The van der Waals surface area contributed by atoms with Crippen LogP contribution in [0.1, 0.15) is 6.92 Å². The fourth-order valence-electron chi connectivity index (χ4n) is 1.51. The lowest BCUT2D eigenvalue weighted by atomic mass is 10.3. The number of hydrazine groups is 1. The lowest BCUT2D eigenvalue weighted by Gasteiger charge is -2.05. The molecule has 0 spiro atoms. The molecule has 0 bridgehead atoms. The number of aromatic nitrogens is 4. The molecule has 0 aliphatic rings. The van der Waals surface area contributed by atoms with Gasteiger partial charge in [0.2, 0.25) is 5.91 Å². The Morgan fingerprint density at radius 3 is 2.75 bits per heavy atom. The molecular formula is C11H14N8O. The van der Waals surface area contributed by atoms with Gasteiger partial charge in [0.05, 0.1) is 6.20 Å². The smallest absolute Gasteiger partial charge is 0.222 e. The molecule has 2 heterocycles. The Morgan fingerprint density at radius 1 is 1.40 bits per heavy atom. The maximum atomic E-state index is 11.0. The fourth-order valence-corrected chi connectivity index (χ4v) is 1.51. The number of nitrogens with zero attached hydrogens (tertiary/aromatic N) is 4. The first-order valence-corrected chi connectivity index (χ1v) is 5.61. The molecule has 2 rings (SSSR count). The van der Waals surface area contributed by atoms with Crippen molar-refractivity contribution in [3.05, 3.63) is 25.3 Å². The molecule has 2 aromatic heterocycles. The summed E-state index contributed by atoms with van der Waals surface area (Å²) < 4.78 is 1.56. The van der Waals surface area contributed by atoms with Gasteiger partial charge >= 0.3 is 0 Å². The van der Waals surface area contributed by atoms with Crippen LogP contribution in [0.4, 0.5) is 11.6 Å². The van der Waals surface area contributed by atoms with Gasteiger partial charge in [-0.25, -0.2) is 20.8 Å². The van der Waals surface area contributed by atoms with Crippen molar-refractivity contribution in [1.82, 2.24) is 24.8 Å². The van der Waals surface area contributed by atoms with Gasteiger partial charge < -0.3 is 16.5 Å². The highest BCUT2D eigenvalue weighted by Gasteiger charge is 2.09. The number of nitrogen functional groups attached to an aromatic ring is 2. The van der Waals surface area contributed by atoms with Gasteiger partial charge in [-0.1, -0.05) is 6.58 Å².